The molecule has 0 aliphatic heterocycles. The molecule has 0 aliphatic rings. The number of hydrogen-bond acceptors (Lipinski definition) is 3. The van der Waals surface area contributed by atoms with Crippen LogP contribution in [0, 0.1) is 0 Å². The van der Waals surface area contributed by atoms with Gasteiger partial charge in [0.15, 0.2) is 5.96 Å². The summed E-state index contributed by atoms with van der Waals surface area (Å²) in [6.45, 7) is 4.60. The highest BCUT2D eigenvalue weighted by Gasteiger charge is 2.09. The second-order valence-electron chi connectivity index (χ2n) is 5.71. The molecule has 0 bridgehead atoms. The zero-order valence-electron chi connectivity index (χ0n) is 14.8. The molecular weight excluding hydrogens is 352 g/mol. The molecule has 138 valence electrons. The quantitative estimate of drug-likeness (QED) is 0.355. The van der Waals surface area contributed by atoms with Gasteiger partial charge in [-0.2, -0.15) is 0 Å². The van der Waals surface area contributed by atoms with E-state index in [1.807, 2.05) is 38.1 Å². The fourth-order valence-corrected chi connectivity index (χ4v) is 2.48. The minimum atomic E-state index is -0.247. The van der Waals surface area contributed by atoms with E-state index >= 15 is 0 Å². The number of phenolic OH excluding ortho intramolecular Hbond substituents is 1. The first-order valence-electron chi connectivity index (χ1n) is 8.37. The van der Waals surface area contributed by atoms with Crippen molar-refractivity contribution in [3.05, 3.63) is 59.1 Å². The third-order valence-corrected chi connectivity index (χ3v) is 3.81. The molecule has 7 heteroatoms. The van der Waals surface area contributed by atoms with Gasteiger partial charge in [-0.1, -0.05) is 23.7 Å². The van der Waals surface area contributed by atoms with Crippen LogP contribution in [0.25, 0.3) is 0 Å². The lowest BCUT2D eigenvalue weighted by atomic mass is 10.1. The number of nitrogens with one attached hydrogen (secondary N) is 3. The maximum atomic E-state index is 12.1. The van der Waals surface area contributed by atoms with Gasteiger partial charge in [-0.15, -0.1) is 0 Å². The van der Waals surface area contributed by atoms with Crippen LogP contribution in [-0.2, 0) is 4.79 Å². The molecule has 1 atom stereocenters. The van der Waals surface area contributed by atoms with Crippen molar-refractivity contribution in [2.75, 3.05) is 18.4 Å². The number of halogens is 1. The van der Waals surface area contributed by atoms with Crippen LogP contribution in [0.4, 0.5) is 5.69 Å². The molecule has 0 spiro atoms. The number of carbonyl (C=O) groups excluding carboxylic acids is 1. The third-order valence-electron chi connectivity index (χ3n) is 3.58. The molecule has 0 heterocycles. The first kappa shape index (κ1) is 19.6. The third kappa shape index (κ3) is 6.29. The number of phenols is 1. The Morgan fingerprint density at radius 3 is 2.62 bits per heavy atom. The van der Waals surface area contributed by atoms with Crippen LogP contribution in [0.2, 0.25) is 5.02 Å². The molecule has 1 unspecified atom stereocenters. The molecule has 26 heavy (non-hydrogen) atoms. The highest BCUT2D eigenvalue weighted by molar-refractivity contribution is 6.30. The largest absolute Gasteiger partial charge is 0.508 e. The predicted molar refractivity (Wildman–Crippen MR) is 106 cm³/mol. The number of aromatic hydroxyl groups is 1. The number of rotatable bonds is 6. The van der Waals surface area contributed by atoms with E-state index in [2.05, 4.69) is 20.9 Å². The molecule has 0 saturated heterocycles. The van der Waals surface area contributed by atoms with Crippen LogP contribution in [0.5, 0.6) is 5.75 Å². The Kier molecular flexibility index (Phi) is 7.29. The highest BCUT2D eigenvalue weighted by Crippen LogP contribution is 2.17. The average molecular weight is 375 g/mol. The lowest BCUT2D eigenvalue weighted by Gasteiger charge is -2.18. The molecular formula is C19H23ClN4O2. The number of hydrogen-bond donors (Lipinski definition) is 4. The maximum absolute atomic E-state index is 12.1. The summed E-state index contributed by atoms with van der Waals surface area (Å²) in [6.07, 6.45) is 0. The molecule has 2 aromatic carbocycles. The molecule has 6 nitrogen and oxygen atoms in total. The number of amides is 1. The minimum absolute atomic E-state index is 0.0216. The summed E-state index contributed by atoms with van der Waals surface area (Å²) in [5.41, 5.74) is 1.63. The second-order valence-corrected chi connectivity index (χ2v) is 6.15. The van der Waals surface area contributed by atoms with E-state index in [4.69, 9.17) is 11.6 Å². The van der Waals surface area contributed by atoms with Gasteiger partial charge in [-0.25, -0.2) is 4.99 Å². The van der Waals surface area contributed by atoms with Crippen molar-refractivity contribution in [1.82, 2.24) is 10.6 Å². The lowest BCUT2D eigenvalue weighted by Crippen LogP contribution is -2.39. The number of guanidine groups is 1. The van der Waals surface area contributed by atoms with Crippen LogP contribution in [0.1, 0.15) is 25.5 Å². The maximum Gasteiger partial charge on any atom is 0.246 e. The zero-order valence-corrected chi connectivity index (χ0v) is 15.5. The van der Waals surface area contributed by atoms with Crippen molar-refractivity contribution in [2.45, 2.75) is 19.9 Å². The van der Waals surface area contributed by atoms with Gasteiger partial charge in [-0.3, -0.25) is 4.79 Å². The van der Waals surface area contributed by atoms with Crippen LogP contribution in [0.3, 0.4) is 0 Å². The van der Waals surface area contributed by atoms with Crippen molar-refractivity contribution in [3.8, 4) is 5.75 Å². The van der Waals surface area contributed by atoms with Crippen molar-refractivity contribution in [1.29, 1.82) is 0 Å². The van der Waals surface area contributed by atoms with Gasteiger partial charge >= 0.3 is 0 Å². The fourth-order valence-electron chi connectivity index (χ4n) is 2.28. The molecule has 0 aliphatic carbocycles. The van der Waals surface area contributed by atoms with Gasteiger partial charge in [0.25, 0.3) is 0 Å². The SMILES string of the molecule is CCNC(=NCC(=O)Nc1ccc(O)cc1)NC(C)c1cccc(Cl)c1. The summed E-state index contributed by atoms with van der Waals surface area (Å²) in [5.74, 6) is 0.443. The molecule has 0 fully saturated rings. The van der Waals surface area contributed by atoms with Gasteiger partial charge in [-0.05, 0) is 55.8 Å². The first-order chi connectivity index (χ1) is 12.5. The van der Waals surface area contributed by atoms with Crippen molar-refractivity contribution >= 4 is 29.2 Å². The van der Waals surface area contributed by atoms with E-state index in [9.17, 15) is 9.90 Å². The first-order valence-corrected chi connectivity index (χ1v) is 8.75. The Hall–Kier alpha value is -2.73. The predicted octanol–water partition coefficient (Wildman–Crippen LogP) is 3.30. The van der Waals surface area contributed by atoms with Crippen LogP contribution < -0.4 is 16.0 Å². The lowest BCUT2D eigenvalue weighted by molar-refractivity contribution is -0.114. The van der Waals surface area contributed by atoms with E-state index in [1.165, 1.54) is 12.1 Å². The van der Waals surface area contributed by atoms with Gasteiger partial charge in [0.2, 0.25) is 5.91 Å². The van der Waals surface area contributed by atoms with E-state index in [0.29, 0.717) is 23.2 Å². The molecule has 0 saturated carbocycles. The van der Waals surface area contributed by atoms with Crippen LogP contribution in [0.15, 0.2) is 53.5 Å². The average Bonchev–Trinajstić information content (AvgIpc) is 2.62. The Morgan fingerprint density at radius 2 is 1.96 bits per heavy atom. The molecule has 0 aromatic heterocycles. The molecule has 2 rings (SSSR count). The van der Waals surface area contributed by atoms with E-state index in [1.54, 1.807) is 12.1 Å². The molecule has 4 N–H and O–H groups in total. The zero-order chi connectivity index (χ0) is 18.9. The number of nitrogens with zero attached hydrogens (tertiary/aromatic N) is 1. The minimum Gasteiger partial charge on any atom is -0.508 e. The van der Waals surface area contributed by atoms with Crippen molar-refractivity contribution in [2.24, 2.45) is 4.99 Å². The number of benzene rings is 2. The monoisotopic (exact) mass is 374 g/mol. The van der Waals surface area contributed by atoms with E-state index in [0.717, 1.165) is 5.56 Å². The van der Waals surface area contributed by atoms with Crippen molar-refractivity contribution < 1.29 is 9.90 Å². The fraction of sp³-hybridized carbons (Fsp3) is 0.263. The Balaban J connectivity index is 1.96. The van der Waals surface area contributed by atoms with Gasteiger partial charge in [0.1, 0.15) is 12.3 Å². The summed E-state index contributed by atoms with van der Waals surface area (Å²) in [4.78, 5) is 16.4. The number of anilines is 1. The van der Waals surface area contributed by atoms with Gasteiger partial charge in [0, 0.05) is 17.3 Å². The number of carbonyl (C=O) groups is 1. The highest BCUT2D eigenvalue weighted by atomic mass is 35.5. The second kappa shape index (κ2) is 9.68. The smallest absolute Gasteiger partial charge is 0.246 e. The Labute approximate surface area is 158 Å². The molecule has 1 amide bonds. The molecule has 2 aromatic rings. The summed E-state index contributed by atoms with van der Waals surface area (Å²) in [5, 5.41) is 19.0. The number of aliphatic imine (C=N–C) groups is 1. The summed E-state index contributed by atoms with van der Waals surface area (Å²) >= 11 is 6.03. The van der Waals surface area contributed by atoms with Crippen molar-refractivity contribution in [3.63, 3.8) is 0 Å². The topological polar surface area (TPSA) is 85.8 Å². The Bertz CT molecular complexity index is 762. The summed E-state index contributed by atoms with van der Waals surface area (Å²) in [7, 11) is 0. The summed E-state index contributed by atoms with van der Waals surface area (Å²) < 4.78 is 0. The molecule has 0 radical (unpaired) electrons. The Morgan fingerprint density at radius 1 is 1.23 bits per heavy atom. The van der Waals surface area contributed by atoms with E-state index < -0.39 is 0 Å². The van der Waals surface area contributed by atoms with Crippen LogP contribution >= 0.6 is 11.6 Å². The van der Waals surface area contributed by atoms with E-state index in [-0.39, 0.29) is 24.2 Å². The van der Waals surface area contributed by atoms with Gasteiger partial charge < -0.3 is 21.1 Å². The summed E-state index contributed by atoms with van der Waals surface area (Å²) in [6, 6.07) is 13.8. The van der Waals surface area contributed by atoms with Gasteiger partial charge in [0.05, 0.1) is 6.04 Å². The van der Waals surface area contributed by atoms with Crippen LogP contribution in [-0.4, -0.2) is 30.1 Å². The standard InChI is InChI=1S/C19H23ClN4O2/c1-3-21-19(23-13(2)14-5-4-6-15(20)11-14)22-12-18(26)24-16-7-9-17(25)10-8-16/h4-11,13,25H,3,12H2,1-2H3,(H,24,26)(H2,21,22,23). The normalized spacial score (nSPS) is 12.3.